The zero-order valence-corrected chi connectivity index (χ0v) is 7.85. The van der Waals surface area contributed by atoms with Gasteiger partial charge in [0.05, 0.1) is 10.9 Å². The molecule has 0 aromatic carbocycles. The molecule has 0 saturated heterocycles. The summed E-state index contributed by atoms with van der Waals surface area (Å²) in [5, 5.41) is 9.22. The van der Waals surface area contributed by atoms with Gasteiger partial charge in [0.2, 0.25) is 0 Å². The molecule has 0 radical (unpaired) electrons. The summed E-state index contributed by atoms with van der Waals surface area (Å²) in [5.41, 5.74) is 0. The summed E-state index contributed by atoms with van der Waals surface area (Å²) in [6.07, 6.45) is 1.30. The molecule has 3 nitrogen and oxygen atoms in total. The molecule has 0 spiro atoms. The Morgan fingerprint density at radius 3 is 2.00 bits per heavy atom. The van der Waals surface area contributed by atoms with Crippen molar-refractivity contribution in [3.05, 3.63) is 12.7 Å². The minimum atomic E-state index is -3.23. The first-order valence-electron chi connectivity index (χ1n) is 3.23. The molecule has 0 bridgehead atoms. The molecule has 1 unspecified atom stereocenters. The van der Waals surface area contributed by atoms with Gasteiger partial charge in [-0.1, -0.05) is 6.08 Å². The fourth-order valence-electron chi connectivity index (χ4n) is 0.503. The average Bonchev–Trinajstić information content (AvgIpc) is 1.83. The van der Waals surface area contributed by atoms with E-state index in [1.807, 2.05) is 0 Å². The van der Waals surface area contributed by atoms with E-state index in [0.29, 0.717) is 0 Å². The molecule has 11 heavy (non-hydrogen) atoms. The maximum Gasteiger partial charge on any atom is 0.155 e. The summed E-state index contributed by atoms with van der Waals surface area (Å²) in [6.45, 7) is 6.26. The van der Waals surface area contributed by atoms with Crippen LogP contribution in [0.1, 0.15) is 13.8 Å². The van der Waals surface area contributed by atoms with Gasteiger partial charge in [-0.05, 0) is 13.8 Å². The van der Waals surface area contributed by atoms with Gasteiger partial charge in [0.1, 0.15) is 0 Å². The van der Waals surface area contributed by atoms with Gasteiger partial charge < -0.3 is 5.11 Å². The van der Waals surface area contributed by atoms with Crippen molar-refractivity contribution in [1.29, 1.82) is 0 Å². The van der Waals surface area contributed by atoms with E-state index in [-0.39, 0.29) is 0 Å². The second-order valence-corrected chi connectivity index (χ2v) is 5.65. The Hall–Kier alpha value is -0.350. The van der Waals surface area contributed by atoms with Gasteiger partial charge in [-0.3, -0.25) is 0 Å². The van der Waals surface area contributed by atoms with Crippen LogP contribution >= 0.6 is 0 Å². The Labute approximate surface area is 67.7 Å². The fourth-order valence-corrected chi connectivity index (χ4v) is 1.04. The SMILES string of the molecule is C=CC(O)C(C)(C)S(C)(=O)=O. The van der Waals surface area contributed by atoms with Crippen LogP contribution in [0.15, 0.2) is 12.7 Å². The maximum absolute atomic E-state index is 11.0. The molecule has 0 aromatic rings. The first kappa shape index (κ1) is 10.7. The molecule has 0 fully saturated rings. The summed E-state index contributed by atoms with van der Waals surface area (Å²) < 4.78 is 20.9. The summed E-state index contributed by atoms with van der Waals surface area (Å²) in [4.78, 5) is 0. The predicted molar refractivity (Wildman–Crippen MR) is 45.1 cm³/mol. The molecular formula is C7H14O3S. The van der Waals surface area contributed by atoms with Crippen LogP contribution in [0.3, 0.4) is 0 Å². The second kappa shape index (κ2) is 2.95. The molecule has 0 saturated carbocycles. The normalized spacial score (nSPS) is 16.0. The first-order valence-corrected chi connectivity index (χ1v) is 5.13. The number of hydrogen-bond acceptors (Lipinski definition) is 3. The number of hydrogen-bond donors (Lipinski definition) is 1. The Bertz CT molecular complexity index is 238. The molecule has 1 N–H and O–H groups in total. The van der Waals surface area contributed by atoms with E-state index in [2.05, 4.69) is 6.58 Å². The van der Waals surface area contributed by atoms with E-state index in [4.69, 9.17) is 0 Å². The third kappa shape index (κ3) is 2.04. The Kier molecular flexibility index (Phi) is 2.85. The lowest BCUT2D eigenvalue weighted by Gasteiger charge is -2.25. The largest absolute Gasteiger partial charge is 0.387 e. The smallest absolute Gasteiger partial charge is 0.155 e. The van der Waals surface area contributed by atoms with Crippen molar-refractivity contribution in [1.82, 2.24) is 0 Å². The zero-order valence-electron chi connectivity index (χ0n) is 7.03. The van der Waals surface area contributed by atoms with Crippen LogP contribution in [-0.2, 0) is 9.84 Å². The van der Waals surface area contributed by atoms with Crippen molar-refractivity contribution in [3.63, 3.8) is 0 Å². The van der Waals surface area contributed by atoms with E-state index in [0.717, 1.165) is 6.26 Å². The number of aliphatic hydroxyl groups excluding tert-OH is 1. The van der Waals surface area contributed by atoms with Gasteiger partial charge >= 0.3 is 0 Å². The zero-order chi connectivity index (χ0) is 9.28. The van der Waals surface area contributed by atoms with Gasteiger partial charge in [-0.2, -0.15) is 0 Å². The highest BCUT2D eigenvalue weighted by molar-refractivity contribution is 7.92. The number of sulfone groups is 1. The Morgan fingerprint density at radius 2 is 1.91 bits per heavy atom. The molecule has 0 aliphatic carbocycles. The minimum Gasteiger partial charge on any atom is -0.387 e. The van der Waals surface area contributed by atoms with Crippen molar-refractivity contribution in [2.24, 2.45) is 0 Å². The van der Waals surface area contributed by atoms with E-state index in [1.165, 1.54) is 19.9 Å². The first-order chi connectivity index (χ1) is 4.73. The highest BCUT2D eigenvalue weighted by Crippen LogP contribution is 2.20. The molecule has 0 aliphatic heterocycles. The monoisotopic (exact) mass is 178 g/mol. The standard InChI is InChI=1S/C7H14O3S/c1-5-6(8)7(2,3)11(4,9)10/h5-6,8H,1H2,2-4H3. The molecule has 0 heterocycles. The van der Waals surface area contributed by atoms with Gasteiger partial charge in [-0.15, -0.1) is 6.58 Å². The van der Waals surface area contributed by atoms with Crippen LogP contribution in [0.5, 0.6) is 0 Å². The summed E-state index contributed by atoms with van der Waals surface area (Å²) >= 11 is 0. The molecule has 66 valence electrons. The van der Waals surface area contributed by atoms with E-state index < -0.39 is 20.7 Å². The molecule has 0 amide bonds. The van der Waals surface area contributed by atoms with E-state index in [9.17, 15) is 13.5 Å². The van der Waals surface area contributed by atoms with Crippen LogP contribution in [0.4, 0.5) is 0 Å². The molecule has 1 atom stereocenters. The number of aliphatic hydroxyl groups is 1. The third-order valence-corrected chi connectivity index (χ3v) is 4.04. The summed E-state index contributed by atoms with van der Waals surface area (Å²) in [6, 6.07) is 0. The van der Waals surface area contributed by atoms with Crippen LogP contribution in [0, 0.1) is 0 Å². The Morgan fingerprint density at radius 1 is 1.55 bits per heavy atom. The minimum absolute atomic E-state index is 1.02. The highest BCUT2D eigenvalue weighted by atomic mass is 32.2. The van der Waals surface area contributed by atoms with Gasteiger partial charge in [0.15, 0.2) is 9.84 Å². The van der Waals surface area contributed by atoms with Crippen LogP contribution in [0.2, 0.25) is 0 Å². The third-order valence-electron chi connectivity index (χ3n) is 1.89. The summed E-state index contributed by atoms with van der Waals surface area (Å²) in [5.74, 6) is 0. The number of rotatable bonds is 3. The van der Waals surface area contributed by atoms with Crippen LogP contribution < -0.4 is 0 Å². The topological polar surface area (TPSA) is 54.4 Å². The average molecular weight is 178 g/mol. The molecular weight excluding hydrogens is 164 g/mol. The van der Waals surface area contributed by atoms with Crippen LogP contribution in [-0.4, -0.2) is 30.6 Å². The lowest BCUT2D eigenvalue weighted by atomic mass is 10.1. The van der Waals surface area contributed by atoms with Crippen molar-refractivity contribution in [2.75, 3.05) is 6.26 Å². The van der Waals surface area contributed by atoms with E-state index >= 15 is 0 Å². The molecule has 0 aliphatic rings. The maximum atomic E-state index is 11.0. The second-order valence-electron chi connectivity index (χ2n) is 3.06. The van der Waals surface area contributed by atoms with Crippen molar-refractivity contribution < 1.29 is 13.5 Å². The van der Waals surface area contributed by atoms with Crippen molar-refractivity contribution >= 4 is 9.84 Å². The fraction of sp³-hybridized carbons (Fsp3) is 0.714. The van der Waals surface area contributed by atoms with Crippen molar-refractivity contribution in [2.45, 2.75) is 24.7 Å². The Balaban J connectivity index is 4.89. The molecule has 0 aromatic heterocycles. The predicted octanol–water partition coefficient (Wildman–Crippen LogP) is 0.357. The quantitative estimate of drug-likeness (QED) is 0.635. The van der Waals surface area contributed by atoms with Gasteiger partial charge in [0, 0.05) is 6.26 Å². The molecule has 0 rings (SSSR count). The van der Waals surface area contributed by atoms with Gasteiger partial charge in [0.25, 0.3) is 0 Å². The highest BCUT2D eigenvalue weighted by Gasteiger charge is 2.36. The summed E-state index contributed by atoms with van der Waals surface area (Å²) in [7, 11) is -3.23. The lowest BCUT2D eigenvalue weighted by molar-refractivity contribution is 0.184. The van der Waals surface area contributed by atoms with Gasteiger partial charge in [-0.25, -0.2) is 8.42 Å². The van der Waals surface area contributed by atoms with Crippen molar-refractivity contribution in [3.8, 4) is 0 Å². The lowest BCUT2D eigenvalue weighted by Crippen LogP contribution is -2.42. The van der Waals surface area contributed by atoms with Crippen LogP contribution in [0.25, 0.3) is 0 Å². The van der Waals surface area contributed by atoms with E-state index in [1.54, 1.807) is 0 Å². The molecule has 4 heteroatoms.